The molecule has 2 rings (SSSR count). The fourth-order valence-electron chi connectivity index (χ4n) is 2.12. The van der Waals surface area contributed by atoms with Gasteiger partial charge in [-0.3, -0.25) is 4.68 Å². The van der Waals surface area contributed by atoms with Crippen LogP contribution in [0.25, 0.3) is 10.9 Å². The minimum atomic E-state index is 0.857. The van der Waals surface area contributed by atoms with Gasteiger partial charge in [0.1, 0.15) is 0 Å². The molecule has 1 N–H and O–H groups in total. The van der Waals surface area contributed by atoms with E-state index in [-0.39, 0.29) is 0 Å². The van der Waals surface area contributed by atoms with Crippen molar-refractivity contribution < 1.29 is 0 Å². The van der Waals surface area contributed by atoms with Crippen molar-refractivity contribution in [2.45, 2.75) is 32.9 Å². The van der Waals surface area contributed by atoms with Crippen LogP contribution >= 0.6 is 15.9 Å². The number of rotatable bonds is 7. The molecule has 3 nitrogen and oxygen atoms in total. The van der Waals surface area contributed by atoms with Crippen LogP contribution in [0.15, 0.2) is 24.3 Å². The van der Waals surface area contributed by atoms with Gasteiger partial charge in [0, 0.05) is 23.8 Å². The summed E-state index contributed by atoms with van der Waals surface area (Å²) in [5.41, 5.74) is 2.39. The lowest BCUT2D eigenvalue weighted by molar-refractivity contribution is 0.613. The molecule has 0 fully saturated rings. The lowest BCUT2D eigenvalue weighted by Crippen LogP contribution is -2.15. The van der Waals surface area contributed by atoms with E-state index in [0.717, 1.165) is 30.7 Å². The van der Waals surface area contributed by atoms with Crippen LogP contribution in [0.4, 0.5) is 0 Å². The molecule has 1 aromatic carbocycles. The van der Waals surface area contributed by atoms with Gasteiger partial charge >= 0.3 is 0 Å². The molecule has 0 unspecified atom stereocenters. The molecule has 1 aromatic heterocycles. The topological polar surface area (TPSA) is 29.9 Å². The Labute approximate surface area is 117 Å². The second-order valence-corrected chi connectivity index (χ2v) is 5.15. The van der Waals surface area contributed by atoms with Gasteiger partial charge in [-0.1, -0.05) is 34.1 Å². The van der Waals surface area contributed by atoms with Gasteiger partial charge in [0.2, 0.25) is 0 Å². The van der Waals surface area contributed by atoms with Crippen molar-refractivity contribution >= 4 is 26.8 Å². The number of para-hydroxylation sites is 1. The summed E-state index contributed by atoms with van der Waals surface area (Å²) in [5.74, 6) is 0. The summed E-state index contributed by atoms with van der Waals surface area (Å²) in [6.45, 7) is 4.96. The van der Waals surface area contributed by atoms with Gasteiger partial charge in [-0.25, -0.2) is 0 Å². The fourth-order valence-corrected chi connectivity index (χ4v) is 2.52. The van der Waals surface area contributed by atoms with Crippen molar-refractivity contribution in [3.63, 3.8) is 0 Å². The number of aryl methyl sites for hydroxylation is 1. The molecule has 0 aliphatic rings. The van der Waals surface area contributed by atoms with E-state index in [0.29, 0.717) is 0 Å². The van der Waals surface area contributed by atoms with Crippen molar-refractivity contribution in [2.75, 3.05) is 11.9 Å². The largest absolute Gasteiger partial charge is 0.311 e. The van der Waals surface area contributed by atoms with Gasteiger partial charge in [0.15, 0.2) is 0 Å². The van der Waals surface area contributed by atoms with Crippen LogP contribution in [0.1, 0.15) is 25.5 Å². The molecule has 98 valence electrons. The van der Waals surface area contributed by atoms with E-state index in [1.165, 1.54) is 23.7 Å². The standard InChI is InChI=1S/C14H20BrN3/c1-2-18-14-8-4-3-7-12(14)13(17-18)11-16-10-6-5-9-15/h3-4,7-8,16H,2,5-6,9-11H2,1H3. The van der Waals surface area contributed by atoms with Crippen molar-refractivity contribution in [1.82, 2.24) is 15.1 Å². The zero-order valence-electron chi connectivity index (χ0n) is 10.8. The Morgan fingerprint density at radius 2 is 2.11 bits per heavy atom. The first-order valence-corrected chi connectivity index (χ1v) is 7.70. The maximum atomic E-state index is 4.67. The smallest absolute Gasteiger partial charge is 0.0841 e. The van der Waals surface area contributed by atoms with Gasteiger partial charge < -0.3 is 5.32 Å². The molecule has 0 aliphatic heterocycles. The molecule has 4 heteroatoms. The molecule has 0 amide bonds. The van der Waals surface area contributed by atoms with Gasteiger partial charge in [-0.2, -0.15) is 5.10 Å². The van der Waals surface area contributed by atoms with Crippen LogP contribution in [0, 0.1) is 0 Å². The van der Waals surface area contributed by atoms with Crippen LogP contribution in [-0.2, 0) is 13.1 Å². The average Bonchev–Trinajstić information content (AvgIpc) is 2.77. The Morgan fingerprint density at radius 3 is 2.89 bits per heavy atom. The first-order chi connectivity index (χ1) is 8.86. The average molecular weight is 310 g/mol. The summed E-state index contributed by atoms with van der Waals surface area (Å²) >= 11 is 3.45. The predicted molar refractivity (Wildman–Crippen MR) is 80.1 cm³/mol. The second kappa shape index (κ2) is 6.90. The number of hydrogen-bond acceptors (Lipinski definition) is 2. The van der Waals surface area contributed by atoms with Crippen LogP contribution < -0.4 is 5.32 Å². The van der Waals surface area contributed by atoms with E-state index in [4.69, 9.17) is 0 Å². The van der Waals surface area contributed by atoms with Crippen molar-refractivity contribution in [1.29, 1.82) is 0 Å². The highest BCUT2D eigenvalue weighted by molar-refractivity contribution is 9.09. The monoisotopic (exact) mass is 309 g/mol. The van der Waals surface area contributed by atoms with Crippen molar-refractivity contribution in [2.24, 2.45) is 0 Å². The number of alkyl halides is 1. The van der Waals surface area contributed by atoms with E-state index >= 15 is 0 Å². The third kappa shape index (κ3) is 3.12. The highest BCUT2D eigenvalue weighted by atomic mass is 79.9. The van der Waals surface area contributed by atoms with E-state index in [1.54, 1.807) is 0 Å². The summed E-state index contributed by atoms with van der Waals surface area (Å²) < 4.78 is 2.07. The summed E-state index contributed by atoms with van der Waals surface area (Å²) in [7, 11) is 0. The number of halogens is 1. The summed E-state index contributed by atoms with van der Waals surface area (Å²) in [4.78, 5) is 0. The fraction of sp³-hybridized carbons (Fsp3) is 0.500. The van der Waals surface area contributed by atoms with Gasteiger partial charge in [-0.05, 0) is 32.4 Å². The molecular formula is C14H20BrN3. The number of fused-ring (bicyclic) bond motifs is 1. The van der Waals surface area contributed by atoms with E-state index in [9.17, 15) is 0 Å². The molecule has 0 spiro atoms. The Hall–Kier alpha value is -0.870. The lowest BCUT2D eigenvalue weighted by atomic mass is 10.2. The minimum Gasteiger partial charge on any atom is -0.311 e. The summed E-state index contributed by atoms with van der Waals surface area (Å²) in [6, 6.07) is 8.45. The number of aromatic nitrogens is 2. The van der Waals surface area contributed by atoms with Crippen molar-refractivity contribution in [3.8, 4) is 0 Å². The molecule has 0 saturated carbocycles. The first-order valence-electron chi connectivity index (χ1n) is 6.58. The lowest BCUT2D eigenvalue weighted by Gasteiger charge is -2.01. The summed E-state index contributed by atoms with van der Waals surface area (Å²) in [5, 5.41) is 10.5. The minimum absolute atomic E-state index is 0.857. The predicted octanol–water partition coefficient (Wildman–Crippen LogP) is 3.32. The number of nitrogens with zero attached hydrogens (tertiary/aromatic N) is 2. The van der Waals surface area contributed by atoms with Gasteiger partial charge in [0.05, 0.1) is 11.2 Å². The Bertz CT molecular complexity index is 493. The molecule has 18 heavy (non-hydrogen) atoms. The Balaban J connectivity index is 2.04. The molecule has 0 saturated heterocycles. The van der Waals surface area contributed by atoms with Crippen LogP contribution in [-0.4, -0.2) is 21.7 Å². The molecule has 0 radical (unpaired) electrons. The number of unbranched alkanes of at least 4 members (excludes halogenated alkanes) is 1. The quantitative estimate of drug-likeness (QED) is 0.628. The SMILES string of the molecule is CCn1nc(CNCCCCBr)c2ccccc21. The normalized spacial score (nSPS) is 11.2. The number of benzene rings is 1. The summed E-state index contributed by atoms with van der Waals surface area (Å²) in [6.07, 6.45) is 2.43. The first kappa shape index (κ1) is 13.6. The molecule has 0 aliphatic carbocycles. The van der Waals surface area contributed by atoms with Gasteiger partial charge in [0.25, 0.3) is 0 Å². The van der Waals surface area contributed by atoms with Crippen LogP contribution in [0.3, 0.4) is 0 Å². The Morgan fingerprint density at radius 1 is 1.28 bits per heavy atom. The number of hydrogen-bond donors (Lipinski definition) is 1. The third-order valence-electron chi connectivity index (χ3n) is 3.06. The highest BCUT2D eigenvalue weighted by Gasteiger charge is 2.07. The van der Waals surface area contributed by atoms with Crippen LogP contribution in [0.5, 0.6) is 0 Å². The molecular weight excluding hydrogens is 290 g/mol. The molecule has 0 bridgehead atoms. The number of nitrogens with one attached hydrogen (secondary N) is 1. The van der Waals surface area contributed by atoms with Crippen molar-refractivity contribution in [3.05, 3.63) is 30.0 Å². The molecule has 2 aromatic rings. The highest BCUT2D eigenvalue weighted by Crippen LogP contribution is 2.18. The second-order valence-electron chi connectivity index (χ2n) is 4.35. The van der Waals surface area contributed by atoms with Crippen LogP contribution in [0.2, 0.25) is 0 Å². The third-order valence-corrected chi connectivity index (χ3v) is 3.62. The zero-order chi connectivity index (χ0) is 12.8. The van der Waals surface area contributed by atoms with Gasteiger partial charge in [-0.15, -0.1) is 0 Å². The van der Waals surface area contributed by atoms with E-state index < -0.39 is 0 Å². The zero-order valence-corrected chi connectivity index (χ0v) is 12.4. The van der Waals surface area contributed by atoms with E-state index in [2.05, 4.69) is 62.2 Å². The Kier molecular flexibility index (Phi) is 5.20. The maximum Gasteiger partial charge on any atom is 0.0841 e. The van der Waals surface area contributed by atoms with E-state index in [1.807, 2.05) is 0 Å². The molecule has 1 heterocycles. The molecule has 0 atom stereocenters. The maximum absolute atomic E-state index is 4.67.